The lowest BCUT2D eigenvalue weighted by atomic mass is 10.1. The van der Waals surface area contributed by atoms with Crippen molar-refractivity contribution in [2.45, 2.75) is 32.1 Å². The Morgan fingerprint density at radius 3 is 2.23 bits per heavy atom. The standard InChI is InChI=1S/C23H27N3O4S/c27-22(19-7-6-8-21(17-19)26-15-4-5-16-31(26,29)30)24-20-11-9-18(10-12-20)23(28)25-13-2-1-3-14-25/h6-12,17H,1-5,13-16H2,(H,24,27). The largest absolute Gasteiger partial charge is 0.339 e. The monoisotopic (exact) mass is 441 g/mol. The van der Waals surface area contributed by atoms with Crippen LogP contribution in [0.15, 0.2) is 48.5 Å². The summed E-state index contributed by atoms with van der Waals surface area (Å²) in [5, 5.41) is 2.82. The molecule has 0 spiro atoms. The molecule has 2 aromatic carbocycles. The van der Waals surface area contributed by atoms with Gasteiger partial charge in [0, 0.05) is 36.4 Å². The molecule has 0 atom stereocenters. The molecule has 0 saturated carbocycles. The normalized spacial score (nSPS) is 18.5. The van der Waals surface area contributed by atoms with Crippen LogP contribution in [0.1, 0.15) is 52.8 Å². The predicted molar refractivity (Wildman–Crippen MR) is 121 cm³/mol. The van der Waals surface area contributed by atoms with Gasteiger partial charge in [-0.05, 0) is 74.6 Å². The minimum absolute atomic E-state index is 0.0213. The van der Waals surface area contributed by atoms with Crippen LogP contribution in [-0.4, -0.2) is 50.5 Å². The number of rotatable bonds is 4. The molecule has 0 aromatic heterocycles. The Kier molecular flexibility index (Phi) is 6.27. The highest BCUT2D eigenvalue weighted by molar-refractivity contribution is 7.92. The summed E-state index contributed by atoms with van der Waals surface area (Å²) in [5.41, 5.74) is 2.08. The number of piperidine rings is 1. The van der Waals surface area contributed by atoms with Crippen molar-refractivity contribution in [3.8, 4) is 0 Å². The van der Waals surface area contributed by atoms with Gasteiger partial charge in [-0.15, -0.1) is 0 Å². The first-order chi connectivity index (χ1) is 14.9. The Labute approximate surface area is 183 Å². The van der Waals surface area contributed by atoms with Crippen LogP contribution in [0.25, 0.3) is 0 Å². The number of hydrogen-bond acceptors (Lipinski definition) is 4. The van der Waals surface area contributed by atoms with Crippen molar-refractivity contribution in [2.75, 3.05) is 35.0 Å². The molecule has 31 heavy (non-hydrogen) atoms. The molecule has 1 N–H and O–H groups in total. The molecule has 7 nitrogen and oxygen atoms in total. The highest BCUT2D eigenvalue weighted by Crippen LogP contribution is 2.25. The van der Waals surface area contributed by atoms with E-state index in [2.05, 4.69) is 5.32 Å². The van der Waals surface area contributed by atoms with Gasteiger partial charge in [0.05, 0.1) is 11.4 Å². The zero-order valence-corrected chi connectivity index (χ0v) is 18.2. The molecule has 4 rings (SSSR count). The molecule has 2 amide bonds. The topological polar surface area (TPSA) is 86.8 Å². The lowest BCUT2D eigenvalue weighted by molar-refractivity contribution is 0.0724. The highest BCUT2D eigenvalue weighted by atomic mass is 32.2. The molecular formula is C23H27N3O4S. The number of likely N-dealkylation sites (tertiary alicyclic amines) is 1. The van der Waals surface area contributed by atoms with Gasteiger partial charge in [-0.2, -0.15) is 0 Å². The molecule has 164 valence electrons. The van der Waals surface area contributed by atoms with Gasteiger partial charge in [-0.3, -0.25) is 13.9 Å². The molecule has 0 aliphatic carbocycles. The fourth-order valence-electron chi connectivity index (χ4n) is 4.06. The summed E-state index contributed by atoms with van der Waals surface area (Å²) < 4.78 is 26.1. The maximum Gasteiger partial charge on any atom is 0.255 e. The third kappa shape index (κ3) is 4.90. The van der Waals surface area contributed by atoms with Crippen molar-refractivity contribution in [3.05, 3.63) is 59.7 Å². The predicted octanol–water partition coefficient (Wildman–Crippen LogP) is 3.50. The summed E-state index contributed by atoms with van der Waals surface area (Å²) in [6.07, 6.45) is 4.71. The van der Waals surface area contributed by atoms with E-state index in [1.807, 2.05) is 4.90 Å². The van der Waals surface area contributed by atoms with Crippen molar-refractivity contribution < 1.29 is 18.0 Å². The number of benzene rings is 2. The Hall–Kier alpha value is -2.87. The Bertz CT molecular complexity index is 1060. The van der Waals surface area contributed by atoms with Gasteiger partial charge in [0.1, 0.15) is 0 Å². The van der Waals surface area contributed by atoms with Gasteiger partial charge in [0.2, 0.25) is 10.0 Å². The van der Waals surface area contributed by atoms with Crippen LogP contribution in [-0.2, 0) is 10.0 Å². The van der Waals surface area contributed by atoms with Crippen LogP contribution >= 0.6 is 0 Å². The van der Waals surface area contributed by atoms with E-state index in [1.165, 1.54) is 10.7 Å². The summed E-state index contributed by atoms with van der Waals surface area (Å²) in [5.74, 6) is -0.175. The lowest BCUT2D eigenvalue weighted by Crippen LogP contribution is -2.37. The zero-order chi connectivity index (χ0) is 21.8. The van der Waals surface area contributed by atoms with Crippen molar-refractivity contribution in [2.24, 2.45) is 0 Å². The molecule has 0 unspecified atom stereocenters. The van der Waals surface area contributed by atoms with Crippen molar-refractivity contribution in [3.63, 3.8) is 0 Å². The molecule has 2 aromatic rings. The van der Waals surface area contributed by atoms with E-state index < -0.39 is 10.0 Å². The number of amides is 2. The average Bonchev–Trinajstić information content (AvgIpc) is 2.79. The first kappa shape index (κ1) is 21.4. The summed E-state index contributed by atoms with van der Waals surface area (Å²) in [6.45, 7) is 2.01. The number of hydrogen-bond donors (Lipinski definition) is 1. The van der Waals surface area contributed by atoms with Gasteiger partial charge in [0.15, 0.2) is 0 Å². The number of nitrogens with zero attached hydrogens (tertiary/aromatic N) is 2. The summed E-state index contributed by atoms with van der Waals surface area (Å²) in [6, 6.07) is 13.5. The molecule has 2 fully saturated rings. The van der Waals surface area contributed by atoms with Gasteiger partial charge < -0.3 is 10.2 Å². The van der Waals surface area contributed by atoms with Gasteiger partial charge in [0.25, 0.3) is 11.8 Å². The Morgan fingerprint density at radius 2 is 1.52 bits per heavy atom. The smallest absolute Gasteiger partial charge is 0.255 e. The van der Waals surface area contributed by atoms with Gasteiger partial charge >= 0.3 is 0 Å². The van der Waals surface area contributed by atoms with E-state index in [4.69, 9.17) is 0 Å². The minimum atomic E-state index is -3.33. The fraction of sp³-hybridized carbons (Fsp3) is 0.391. The van der Waals surface area contributed by atoms with E-state index in [9.17, 15) is 18.0 Å². The molecule has 2 heterocycles. The van der Waals surface area contributed by atoms with Crippen molar-refractivity contribution >= 4 is 33.2 Å². The highest BCUT2D eigenvalue weighted by Gasteiger charge is 2.26. The molecule has 0 radical (unpaired) electrons. The molecule has 0 bridgehead atoms. The number of anilines is 2. The second-order valence-corrected chi connectivity index (χ2v) is 10.0. The van der Waals surface area contributed by atoms with E-state index in [0.717, 1.165) is 32.4 Å². The third-order valence-electron chi connectivity index (χ3n) is 5.78. The molecular weight excluding hydrogens is 414 g/mol. The van der Waals surface area contributed by atoms with E-state index in [-0.39, 0.29) is 17.6 Å². The summed E-state index contributed by atoms with van der Waals surface area (Å²) in [7, 11) is -3.33. The average molecular weight is 442 g/mol. The van der Waals surface area contributed by atoms with Crippen LogP contribution in [0.3, 0.4) is 0 Å². The fourth-order valence-corrected chi connectivity index (χ4v) is 5.69. The molecule has 8 heteroatoms. The molecule has 2 saturated heterocycles. The van der Waals surface area contributed by atoms with Crippen molar-refractivity contribution in [1.82, 2.24) is 4.90 Å². The quantitative estimate of drug-likeness (QED) is 0.787. The number of carbonyl (C=O) groups is 2. The lowest BCUT2D eigenvalue weighted by Gasteiger charge is -2.28. The molecule has 2 aliphatic heterocycles. The minimum Gasteiger partial charge on any atom is -0.339 e. The van der Waals surface area contributed by atoms with Crippen LogP contribution in [0.5, 0.6) is 0 Å². The second kappa shape index (κ2) is 9.09. The Morgan fingerprint density at radius 1 is 0.806 bits per heavy atom. The van der Waals surface area contributed by atoms with Crippen LogP contribution in [0.4, 0.5) is 11.4 Å². The number of nitrogens with one attached hydrogen (secondary N) is 1. The van der Waals surface area contributed by atoms with Gasteiger partial charge in [-0.1, -0.05) is 6.07 Å². The van der Waals surface area contributed by atoms with Crippen LogP contribution < -0.4 is 9.62 Å². The first-order valence-corrected chi connectivity index (χ1v) is 12.4. The Balaban J connectivity index is 1.44. The van der Waals surface area contributed by atoms with Crippen LogP contribution in [0.2, 0.25) is 0 Å². The van der Waals surface area contributed by atoms with E-state index in [1.54, 1.807) is 48.5 Å². The maximum atomic E-state index is 12.7. The first-order valence-electron chi connectivity index (χ1n) is 10.8. The zero-order valence-electron chi connectivity index (χ0n) is 17.4. The van der Waals surface area contributed by atoms with Gasteiger partial charge in [-0.25, -0.2) is 8.42 Å². The second-order valence-electron chi connectivity index (χ2n) is 8.03. The van der Waals surface area contributed by atoms with Crippen molar-refractivity contribution in [1.29, 1.82) is 0 Å². The maximum absolute atomic E-state index is 12.7. The summed E-state index contributed by atoms with van der Waals surface area (Å²) in [4.78, 5) is 27.2. The number of carbonyl (C=O) groups excluding carboxylic acids is 2. The summed E-state index contributed by atoms with van der Waals surface area (Å²) >= 11 is 0. The third-order valence-corrected chi connectivity index (χ3v) is 7.65. The van der Waals surface area contributed by atoms with E-state index >= 15 is 0 Å². The molecule has 2 aliphatic rings. The van der Waals surface area contributed by atoms with Crippen LogP contribution in [0, 0.1) is 0 Å². The SMILES string of the molecule is O=C(Nc1ccc(C(=O)N2CCCCC2)cc1)c1cccc(N2CCCCS2(=O)=O)c1. The van der Waals surface area contributed by atoms with E-state index in [0.29, 0.717) is 35.5 Å². The number of sulfonamides is 1.